The van der Waals surface area contributed by atoms with Crippen LogP contribution in [-0.2, 0) is 18.3 Å². The number of halogens is 2. The van der Waals surface area contributed by atoms with Crippen molar-refractivity contribution >= 4 is 34.8 Å². The summed E-state index contributed by atoms with van der Waals surface area (Å²) in [6.45, 7) is 2.36. The number of aromatic nitrogens is 2. The van der Waals surface area contributed by atoms with Crippen LogP contribution in [0, 0.1) is 0 Å². The molecule has 0 spiro atoms. The van der Waals surface area contributed by atoms with Gasteiger partial charge in [-0.05, 0) is 17.7 Å². The SMILES string of the molecule is Cn1ncc(N2CCN(C(=O)Cc3cccc(Cl)c3)CC2)c(Cl)c1=O. The van der Waals surface area contributed by atoms with E-state index < -0.39 is 0 Å². The van der Waals surface area contributed by atoms with Gasteiger partial charge in [-0.3, -0.25) is 9.59 Å². The molecule has 0 bridgehead atoms. The number of nitrogens with zero attached hydrogens (tertiary/aromatic N) is 4. The molecule has 1 fully saturated rings. The van der Waals surface area contributed by atoms with E-state index in [2.05, 4.69) is 5.10 Å². The Kier molecular flexibility index (Phi) is 5.30. The fourth-order valence-corrected chi connectivity index (χ4v) is 3.36. The molecule has 0 N–H and O–H groups in total. The molecule has 0 unspecified atom stereocenters. The standard InChI is InChI=1S/C17H18Cl2N4O2/c1-21-17(25)16(19)14(11-20-21)22-5-7-23(8-6-22)15(24)10-12-3-2-4-13(18)9-12/h2-4,9,11H,5-8,10H2,1H3. The van der Waals surface area contributed by atoms with Gasteiger partial charge < -0.3 is 9.80 Å². The van der Waals surface area contributed by atoms with E-state index in [1.54, 1.807) is 25.4 Å². The summed E-state index contributed by atoms with van der Waals surface area (Å²) in [7, 11) is 1.56. The predicted molar refractivity (Wildman–Crippen MR) is 98.4 cm³/mol. The predicted octanol–water partition coefficient (Wildman–Crippen LogP) is 1.98. The molecular formula is C17H18Cl2N4O2. The van der Waals surface area contributed by atoms with Gasteiger partial charge in [0.25, 0.3) is 5.56 Å². The quantitative estimate of drug-likeness (QED) is 0.816. The maximum atomic E-state index is 12.5. The molecule has 1 aromatic carbocycles. The lowest BCUT2D eigenvalue weighted by molar-refractivity contribution is -0.130. The maximum absolute atomic E-state index is 12.5. The molecule has 0 atom stereocenters. The summed E-state index contributed by atoms with van der Waals surface area (Å²) in [5, 5.41) is 4.81. The Balaban J connectivity index is 1.63. The lowest BCUT2D eigenvalue weighted by Gasteiger charge is -2.36. The first-order chi connectivity index (χ1) is 12.0. The van der Waals surface area contributed by atoms with E-state index in [-0.39, 0.29) is 16.5 Å². The molecule has 1 saturated heterocycles. The first-order valence-corrected chi connectivity index (χ1v) is 8.70. The average Bonchev–Trinajstić information content (AvgIpc) is 2.60. The van der Waals surface area contributed by atoms with Crippen molar-refractivity contribution in [2.75, 3.05) is 31.1 Å². The Morgan fingerprint density at radius 1 is 1.20 bits per heavy atom. The van der Waals surface area contributed by atoms with Gasteiger partial charge in [0.15, 0.2) is 0 Å². The molecule has 0 aliphatic carbocycles. The molecule has 1 aliphatic heterocycles. The Hall–Kier alpha value is -2.05. The summed E-state index contributed by atoms with van der Waals surface area (Å²) in [5.41, 5.74) is 1.20. The molecule has 1 aromatic heterocycles. The lowest BCUT2D eigenvalue weighted by atomic mass is 10.1. The van der Waals surface area contributed by atoms with Crippen LogP contribution in [-0.4, -0.2) is 46.8 Å². The molecule has 2 heterocycles. The number of piperazine rings is 1. The number of rotatable bonds is 3. The summed E-state index contributed by atoms with van der Waals surface area (Å²) >= 11 is 12.1. The van der Waals surface area contributed by atoms with E-state index in [0.29, 0.717) is 43.3 Å². The largest absolute Gasteiger partial charge is 0.365 e. The molecular weight excluding hydrogens is 363 g/mol. The number of carbonyl (C=O) groups is 1. The van der Waals surface area contributed by atoms with E-state index in [0.717, 1.165) is 5.56 Å². The number of amides is 1. The van der Waals surface area contributed by atoms with Crippen LogP contribution in [0.15, 0.2) is 35.3 Å². The number of benzene rings is 1. The van der Waals surface area contributed by atoms with Crippen molar-refractivity contribution in [3.8, 4) is 0 Å². The van der Waals surface area contributed by atoms with E-state index >= 15 is 0 Å². The van der Waals surface area contributed by atoms with Crippen molar-refractivity contribution in [1.29, 1.82) is 0 Å². The van der Waals surface area contributed by atoms with Crippen LogP contribution in [0.1, 0.15) is 5.56 Å². The molecule has 0 radical (unpaired) electrons. The Morgan fingerprint density at radius 2 is 1.92 bits per heavy atom. The van der Waals surface area contributed by atoms with Gasteiger partial charge in [-0.25, -0.2) is 4.68 Å². The molecule has 6 nitrogen and oxygen atoms in total. The highest BCUT2D eigenvalue weighted by Gasteiger charge is 2.23. The zero-order chi connectivity index (χ0) is 18.0. The van der Waals surface area contributed by atoms with Crippen molar-refractivity contribution in [2.24, 2.45) is 7.05 Å². The zero-order valence-electron chi connectivity index (χ0n) is 13.8. The van der Waals surface area contributed by atoms with Crippen molar-refractivity contribution < 1.29 is 4.79 Å². The van der Waals surface area contributed by atoms with E-state index in [1.807, 2.05) is 21.9 Å². The van der Waals surface area contributed by atoms with Crippen LogP contribution in [0.5, 0.6) is 0 Å². The third-order valence-electron chi connectivity index (χ3n) is 4.28. The highest BCUT2D eigenvalue weighted by Crippen LogP contribution is 2.22. The lowest BCUT2D eigenvalue weighted by Crippen LogP contribution is -2.49. The van der Waals surface area contributed by atoms with Gasteiger partial charge in [-0.1, -0.05) is 35.3 Å². The molecule has 1 amide bonds. The van der Waals surface area contributed by atoms with E-state index in [1.165, 1.54) is 4.68 Å². The molecule has 25 heavy (non-hydrogen) atoms. The van der Waals surface area contributed by atoms with Gasteiger partial charge in [-0.15, -0.1) is 0 Å². The van der Waals surface area contributed by atoms with Crippen LogP contribution in [0.4, 0.5) is 5.69 Å². The summed E-state index contributed by atoms with van der Waals surface area (Å²) in [5.74, 6) is 0.0649. The Bertz CT molecular complexity index is 845. The highest BCUT2D eigenvalue weighted by atomic mass is 35.5. The highest BCUT2D eigenvalue weighted by molar-refractivity contribution is 6.33. The van der Waals surface area contributed by atoms with Gasteiger partial charge in [0.05, 0.1) is 18.3 Å². The van der Waals surface area contributed by atoms with Crippen LogP contribution in [0.3, 0.4) is 0 Å². The normalized spacial score (nSPS) is 14.7. The minimum Gasteiger partial charge on any atom is -0.365 e. The average molecular weight is 381 g/mol. The third kappa shape index (κ3) is 3.96. The number of hydrogen-bond donors (Lipinski definition) is 0. The number of hydrogen-bond acceptors (Lipinski definition) is 4. The van der Waals surface area contributed by atoms with Crippen molar-refractivity contribution in [3.63, 3.8) is 0 Å². The van der Waals surface area contributed by atoms with E-state index in [4.69, 9.17) is 23.2 Å². The molecule has 0 saturated carbocycles. The monoisotopic (exact) mass is 380 g/mol. The number of aryl methyl sites for hydroxylation is 1. The topological polar surface area (TPSA) is 58.4 Å². The molecule has 3 rings (SSSR count). The fraction of sp³-hybridized carbons (Fsp3) is 0.353. The van der Waals surface area contributed by atoms with Gasteiger partial charge in [0, 0.05) is 38.2 Å². The van der Waals surface area contributed by atoms with Crippen molar-refractivity contribution in [3.05, 3.63) is 56.4 Å². The van der Waals surface area contributed by atoms with Gasteiger partial charge in [0.1, 0.15) is 5.02 Å². The first kappa shape index (κ1) is 17.8. The summed E-state index contributed by atoms with van der Waals surface area (Å²) in [6, 6.07) is 7.33. The summed E-state index contributed by atoms with van der Waals surface area (Å²) in [4.78, 5) is 28.2. The van der Waals surface area contributed by atoms with Gasteiger partial charge in [0.2, 0.25) is 5.91 Å². The molecule has 2 aromatic rings. The smallest absolute Gasteiger partial charge is 0.287 e. The number of anilines is 1. The summed E-state index contributed by atoms with van der Waals surface area (Å²) < 4.78 is 1.20. The maximum Gasteiger partial charge on any atom is 0.287 e. The van der Waals surface area contributed by atoms with Crippen LogP contribution in [0.2, 0.25) is 10.0 Å². The molecule has 132 valence electrons. The second kappa shape index (κ2) is 7.45. The second-order valence-electron chi connectivity index (χ2n) is 5.95. The van der Waals surface area contributed by atoms with Crippen LogP contribution < -0.4 is 10.5 Å². The van der Waals surface area contributed by atoms with Crippen molar-refractivity contribution in [2.45, 2.75) is 6.42 Å². The van der Waals surface area contributed by atoms with Crippen molar-refractivity contribution in [1.82, 2.24) is 14.7 Å². The Morgan fingerprint density at radius 3 is 2.60 bits per heavy atom. The van der Waals surface area contributed by atoms with E-state index in [9.17, 15) is 9.59 Å². The Labute approximate surface area is 155 Å². The van der Waals surface area contributed by atoms with Crippen LogP contribution in [0.25, 0.3) is 0 Å². The fourth-order valence-electron chi connectivity index (χ4n) is 2.85. The third-order valence-corrected chi connectivity index (χ3v) is 4.87. The minimum atomic E-state index is -0.321. The summed E-state index contributed by atoms with van der Waals surface area (Å²) in [6.07, 6.45) is 1.92. The minimum absolute atomic E-state index is 0.0649. The molecule has 8 heteroatoms. The zero-order valence-corrected chi connectivity index (χ0v) is 15.3. The van der Waals surface area contributed by atoms with Crippen LogP contribution >= 0.6 is 23.2 Å². The van der Waals surface area contributed by atoms with Gasteiger partial charge in [-0.2, -0.15) is 5.10 Å². The second-order valence-corrected chi connectivity index (χ2v) is 6.76. The van der Waals surface area contributed by atoms with Gasteiger partial charge >= 0.3 is 0 Å². The first-order valence-electron chi connectivity index (χ1n) is 7.94. The number of carbonyl (C=O) groups excluding carboxylic acids is 1. The molecule has 1 aliphatic rings.